The maximum atomic E-state index is 10.7. The Morgan fingerprint density at radius 1 is 1.35 bits per heavy atom. The van der Waals surface area contributed by atoms with Crippen molar-refractivity contribution in [2.75, 3.05) is 5.75 Å². The van der Waals surface area contributed by atoms with E-state index in [2.05, 4.69) is 10.2 Å². The van der Waals surface area contributed by atoms with Crippen molar-refractivity contribution in [3.63, 3.8) is 0 Å². The third-order valence-corrected chi connectivity index (χ3v) is 6.22. The Hall–Kier alpha value is -1.67. The van der Waals surface area contributed by atoms with Gasteiger partial charge in [0.15, 0.2) is 10.8 Å². The normalized spacial score (nSPS) is 14.5. The fourth-order valence-electron chi connectivity index (χ4n) is 3.15. The zero-order chi connectivity index (χ0) is 16.0. The number of carboxylic acid groups (broad SMARTS) is 1. The molecule has 0 saturated heterocycles. The van der Waals surface area contributed by atoms with Gasteiger partial charge in [-0.2, -0.15) is 0 Å². The van der Waals surface area contributed by atoms with Crippen LogP contribution in [0.25, 0.3) is 15.9 Å². The maximum Gasteiger partial charge on any atom is 0.197 e. The standard InChI is InChI=1S/C15H16N4O2S2/c1-2-10-16-14-12(8-5-3-4-6-9(8)23-14)13-17-18-15(19(10)13)22-7-11(20)21/h2-7H2,1H3,(H,20,21)/p-1. The Balaban J connectivity index is 1.97. The molecule has 3 aromatic rings. The van der Waals surface area contributed by atoms with E-state index in [9.17, 15) is 9.90 Å². The van der Waals surface area contributed by atoms with E-state index in [1.165, 1.54) is 23.3 Å². The van der Waals surface area contributed by atoms with E-state index >= 15 is 0 Å². The van der Waals surface area contributed by atoms with Crippen LogP contribution < -0.4 is 5.11 Å². The lowest BCUT2D eigenvalue weighted by Gasteiger charge is -2.11. The molecular formula is C15H15N4O2S2-. The number of aromatic nitrogens is 4. The lowest BCUT2D eigenvalue weighted by atomic mass is 9.97. The zero-order valence-electron chi connectivity index (χ0n) is 12.7. The average molecular weight is 347 g/mol. The van der Waals surface area contributed by atoms with Crippen molar-refractivity contribution in [3.05, 3.63) is 16.3 Å². The highest BCUT2D eigenvalue weighted by atomic mass is 32.2. The molecule has 0 unspecified atom stereocenters. The number of carboxylic acids is 1. The molecule has 0 N–H and O–H groups in total. The van der Waals surface area contributed by atoms with Gasteiger partial charge in [-0.3, -0.25) is 4.40 Å². The fourth-order valence-corrected chi connectivity index (χ4v) is 5.09. The summed E-state index contributed by atoms with van der Waals surface area (Å²) >= 11 is 2.90. The van der Waals surface area contributed by atoms with Gasteiger partial charge < -0.3 is 9.90 Å². The molecule has 3 heterocycles. The molecule has 0 fully saturated rings. The molecule has 3 aromatic heterocycles. The minimum Gasteiger partial charge on any atom is -0.549 e. The molecule has 4 rings (SSSR count). The van der Waals surface area contributed by atoms with Crippen LogP contribution in [0.2, 0.25) is 0 Å². The first-order valence-electron chi connectivity index (χ1n) is 7.70. The second-order valence-corrected chi connectivity index (χ2v) is 7.60. The highest BCUT2D eigenvalue weighted by molar-refractivity contribution is 7.99. The molecule has 0 aromatic carbocycles. The number of rotatable bonds is 4. The van der Waals surface area contributed by atoms with Crippen LogP contribution in [0, 0.1) is 0 Å². The van der Waals surface area contributed by atoms with E-state index in [1.807, 2.05) is 11.3 Å². The van der Waals surface area contributed by atoms with Crippen LogP contribution in [-0.2, 0) is 24.1 Å². The number of aryl methyl sites for hydroxylation is 3. The number of carbonyl (C=O) groups is 1. The number of thioether (sulfide) groups is 1. The van der Waals surface area contributed by atoms with Crippen molar-refractivity contribution in [1.29, 1.82) is 0 Å². The van der Waals surface area contributed by atoms with Gasteiger partial charge in [0.05, 0.1) is 11.4 Å². The summed E-state index contributed by atoms with van der Waals surface area (Å²) in [5.41, 5.74) is 2.17. The van der Waals surface area contributed by atoms with Crippen molar-refractivity contribution < 1.29 is 9.90 Å². The summed E-state index contributed by atoms with van der Waals surface area (Å²) < 4.78 is 1.91. The monoisotopic (exact) mass is 347 g/mol. The predicted molar refractivity (Wildman–Crippen MR) is 87.9 cm³/mol. The molecule has 0 spiro atoms. The minimum atomic E-state index is -1.10. The van der Waals surface area contributed by atoms with E-state index in [1.54, 1.807) is 11.3 Å². The third kappa shape index (κ3) is 2.40. The zero-order valence-corrected chi connectivity index (χ0v) is 14.3. The maximum absolute atomic E-state index is 10.7. The van der Waals surface area contributed by atoms with Gasteiger partial charge in [0.2, 0.25) is 0 Å². The number of hydrogen-bond acceptors (Lipinski definition) is 7. The molecular weight excluding hydrogens is 332 g/mol. The fraction of sp³-hybridized carbons (Fsp3) is 0.467. The van der Waals surface area contributed by atoms with Gasteiger partial charge in [-0.1, -0.05) is 18.7 Å². The van der Waals surface area contributed by atoms with Crippen molar-refractivity contribution in [1.82, 2.24) is 19.6 Å². The van der Waals surface area contributed by atoms with Crippen LogP contribution in [0.5, 0.6) is 0 Å². The molecule has 120 valence electrons. The van der Waals surface area contributed by atoms with E-state index in [4.69, 9.17) is 4.98 Å². The Morgan fingerprint density at radius 2 is 2.17 bits per heavy atom. The van der Waals surface area contributed by atoms with Crippen LogP contribution in [0.1, 0.15) is 36.0 Å². The number of hydrogen-bond donors (Lipinski definition) is 0. The average Bonchev–Trinajstić information content (AvgIpc) is 3.12. The third-order valence-electron chi connectivity index (χ3n) is 4.13. The van der Waals surface area contributed by atoms with Gasteiger partial charge >= 0.3 is 0 Å². The molecule has 0 amide bonds. The van der Waals surface area contributed by atoms with Crippen LogP contribution in [0.3, 0.4) is 0 Å². The topological polar surface area (TPSA) is 83.2 Å². The Kier molecular flexibility index (Phi) is 3.73. The van der Waals surface area contributed by atoms with Crippen LogP contribution in [-0.4, -0.2) is 31.3 Å². The Bertz CT molecular complexity index is 915. The lowest BCUT2D eigenvalue weighted by molar-refractivity contribution is -0.301. The molecule has 0 saturated carbocycles. The van der Waals surface area contributed by atoms with Gasteiger partial charge in [-0.25, -0.2) is 4.98 Å². The first-order valence-corrected chi connectivity index (χ1v) is 9.50. The van der Waals surface area contributed by atoms with Crippen LogP contribution in [0.4, 0.5) is 0 Å². The SMILES string of the molecule is CCc1nc2sc3c(c2c2nnc(SCC(=O)[O-])n12)CCCC3. The predicted octanol–water partition coefficient (Wildman–Crippen LogP) is 1.62. The van der Waals surface area contributed by atoms with Crippen molar-refractivity contribution in [3.8, 4) is 0 Å². The van der Waals surface area contributed by atoms with E-state index < -0.39 is 5.97 Å². The molecule has 0 atom stereocenters. The van der Waals surface area contributed by atoms with Gasteiger partial charge in [0.25, 0.3) is 0 Å². The summed E-state index contributed by atoms with van der Waals surface area (Å²) in [4.78, 5) is 18.0. The second-order valence-electron chi connectivity index (χ2n) is 5.57. The van der Waals surface area contributed by atoms with E-state index in [0.29, 0.717) is 5.16 Å². The number of thiophene rings is 1. The molecule has 0 aliphatic heterocycles. The van der Waals surface area contributed by atoms with E-state index in [0.717, 1.165) is 52.7 Å². The number of nitrogens with zero attached hydrogens (tertiary/aromatic N) is 4. The highest BCUT2D eigenvalue weighted by Gasteiger charge is 2.23. The summed E-state index contributed by atoms with van der Waals surface area (Å²) in [7, 11) is 0. The van der Waals surface area contributed by atoms with Gasteiger partial charge in [0.1, 0.15) is 10.7 Å². The minimum absolute atomic E-state index is 0.135. The largest absolute Gasteiger partial charge is 0.549 e. The van der Waals surface area contributed by atoms with Crippen molar-refractivity contribution >= 4 is 44.9 Å². The van der Waals surface area contributed by atoms with Gasteiger partial charge in [0, 0.05) is 17.1 Å². The second kappa shape index (κ2) is 5.76. The van der Waals surface area contributed by atoms with Crippen molar-refractivity contribution in [2.45, 2.75) is 44.2 Å². The van der Waals surface area contributed by atoms with Crippen molar-refractivity contribution in [2.24, 2.45) is 0 Å². The summed E-state index contributed by atoms with van der Waals surface area (Å²) in [6, 6.07) is 0. The molecule has 8 heteroatoms. The van der Waals surface area contributed by atoms with Gasteiger partial charge in [-0.05, 0) is 31.2 Å². The molecule has 6 nitrogen and oxygen atoms in total. The molecule has 0 radical (unpaired) electrons. The highest BCUT2D eigenvalue weighted by Crippen LogP contribution is 2.38. The Labute approximate surface area is 140 Å². The lowest BCUT2D eigenvalue weighted by Crippen LogP contribution is -2.24. The van der Waals surface area contributed by atoms with Crippen LogP contribution in [0.15, 0.2) is 5.16 Å². The summed E-state index contributed by atoms with van der Waals surface area (Å²) in [5, 5.41) is 21.0. The quantitative estimate of drug-likeness (QED) is 0.667. The summed E-state index contributed by atoms with van der Waals surface area (Å²) in [6.45, 7) is 2.04. The first-order chi connectivity index (χ1) is 11.2. The number of carbonyl (C=O) groups excluding carboxylic acids is 1. The summed E-state index contributed by atoms with van der Waals surface area (Å²) in [5.74, 6) is -0.368. The van der Waals surface area contributed by atoms with Crippen LogP contribution >= 0.6 is 23.1 Å². The molecule has 23 heavy (non-hydrogen) atoms. The summed E-state index contributed by atoms with van der Waals surface area (Å²) in [6.07, 6.45) is 5.35. The first kappa shape index (κ1) is 14.9. The van der Waals surface area contributed by atoms with Gasteiger partial charge in [-0.15, -0.1) is 21.5 Å². The number of fused-ring (bicyclic) bond motifs is 5. The molecule has 0 bridgehead atoms. The molecule has 1 aliphatic carbocycles. The molecule has 1 aliphatic rings. The number of aliphatic carboxylic acids is 1. The van der Waals surface area contributed by atoms with E-state index in [-0.39, 0.29) is 5.75 Å². The Morgan fingerprint density at radius 3 is 2.96 bits per heavy atom. The smallest absolute Gasteiger partial charge is 0.197 e.